The summed E-state index contributed by atoms with van der Waals surface area (Å²) in [4.78, 5) is 11.6. The Hall–Kier alpha value is -0.500. The molecule has 182 valence electrons. The summed E-state index contributed by atoms with van der Waals surface area (Å²) in [7, 11) is 0. The molecule has 0 radical (unpaired) electrons. The van der Waals surface area contributed by atoms with Gasteiger partial charge in [0.1, 0.15) is 6.10 Å². The molecule has 0 unspecified atom stereocenters. The van der Waals surface area contributed by atoms with E-state index in [-0.39, 0.29) is 22.9 Å². The molecule has 3 heteroatoms. The van der Waals surface area contributed by atoms with Crippen LogP contribution in [0, 0.1) is 40.4 Å². The summed E-state index contributed by atoms with van der Waals surface area (Å²) < 4.78 is 5.64. The SMILES string of the molecule is CC(=O)O[C@H]1CCC2=C3CC[C@]4(C)[C@@H]([C@H](C)CCCC(C)C)CC[C@H]4[C@@H]3C[C@@H](Cl)[C@]2(C)C1. The maximum absolute atomic E-state index is 11.6. The number of halogens is 1. The molecule has 0 N–H and O–H groups in total. The van der Waals surface area contributed by atoms with E-state index in [9.17, 15) is 4.79 Å². The molecule has 8 atom stereocenters. The lowest BCUT2D eigenvalue weighted by atomic mass is 9.51. The molecule has 4 aliphatic carbocycles. The lowest BCUT2D eigenvalue weighted by Gasteiger charge is -2.56. The van der Waals surface area contributed by atoms with Crippen LogP contribution in [0.2, 0.25) is 0 Å². The highest BCUT2D eigenvalue weighted by molar-refractivity contribution is 6.21. The number of rotatable bonds is 6. The fourth-order valence-electron chi connectivity index (χ4n) is 8.77. The predicted molar refractivity (Wildman–Crippen MR) is 134 cm³/mol. The molecule has 32 heavy (non-hydrogen) atoms. The van der Waals surface area contributed by atoms with E-state index in [1.807, 2.05) is 0 Å². The summed E-state index contributed by atoms with van der Waals surface area (Å²) in [5, 5.41) is 0.162. The maximum atomic E-state index is 11.6. The van der Waals surface area contributed by atoms with Crippen molar-refractivity contribution >= 4 is 17.6 Å². The Morgan fingerprint density at radius 1 is 1.12 bits per heavy atom. The van der Waals surface area contributed by atoms with Crippen LogP contribution in [0.4, 0.5) is 0 Å². The Bertz CT molecular complexity index is 741. The molecule has 4 aliphatic rings. The molecule has 0 aromatic carbocycles. The molecular weight excluding hydrogens is 416 g/mol. The third kappa shape index (κ3) is 4.32. The second-order valence-corrected chi connectivity index (χ2v) is 13.3. The highest BCUT2D eigenvalue weighted by Crippen LogP contribution is 2.66. The van der Waals surface area contributed by atoms with Gasteiger partial charge in [0.15, 0.2) is 0 Å². The molecular formula is C29H47ClO2. The van der Waals surface area contributed by atoms with Gasteiger partial charge in [-0.05, 0) is 86.4 Å². The number of carbonyl (C=O) groups is 1. The average molecular weight is 463 g/mol. The standard InChI is InChI=1S/C29H47ClO2/c1-18(2)8-7-9-19(3)24-12-13-26-23-16-27(30)29(6)17-21(32-20(4)31)10-11-25(29)22(23)14-15-28(24,26)5/h18-19,21,23-24,26-27H,7-17H2,1-6H3/t19-,21+,23-,24-,26+,27-,28-,29-/m1/s1. The van der Waals surface area contributed by atoms with Crippen LogP contribution in [0.5, 0.6) is 0 Å². The zero-order valence-corrected chi connectivity index (χ0v) is 22.3. The number of fused-ring (bicyclic) bond motifs is 4. The van der Waals surface area contributed by atoms with E-state index in [0.717, 1.165) is 49.4 Å². The van der Waals surface area contributed by atoms with Gasteiger partial charge in [-0.15, -0.1) is 11.6 Å². The molecule has 0 spiro atoms. The highest BCUT2D eigenvalue weighted by atomic mass is 35.5. The minimum absolute atomic E-state index is 0.00163. The van der Waals surface area contributed by atoms with Gasteiger partial charge < -0.3 is 4.74 Å². The third-order valence-corrected chi connectivity index (χ3v) is 11.1. The van der Waals surface area contributed by atoms with Crippen molar-refractivity contribution in [3.05, 3.63) is 11.1 Å². The highest BCUT2D eigenvalue weighted by Gasteiger charge is 2.58. The molecule has 2 nitrogen and oxygen atoms in total. The van der Waals surface area contributed by atoms with E-state index >= 15 is 0 Å². The molecule has 3 saturated carbocycles. The number of hydrogen-bond acceptors (Lipinski definition) is 2. The molecule has 0 aromatic heterocycles. The number of esters is 1. The van der Waals surface area contributed by atoms with Gasteiger partial charge in [-0.1, -0.05) is 65.0 Å². The van der Waals surface area contributed by atoms with Gasteiger partial charge in [0.25, 0.3) is 0 Å². The van der Waals surface area contributed by atoms with Crippen molar-refractivity contribution in [1.29, 1.82) is 0 Å². The number of alkyl halides is 1. The number of ether oxygens (including phenoxy) is 1. The van der Waals surface area contributed by atoms with E-state index in [4.69, 9.17) is 16.3 Å². The largest absolute Gasteiger partial charge is 0.463 e. The van der Waals surface area contributed by atoms with E-state index in [0.29, 0.717) is 11.3 Å². The smallest absolute Gasteiger partial charge is 0.302 e. The van der Waals surface area contributed by atoms with Crippen LogP contribution >= 0.6 is 11.6 Å². The topological polar surface area (TPSA) is 26.3 Å². The second kappa shape index (κ2) is 9.27. The fraction of sp³-hybridized carbons (Fsp3) is 0.897. The minimum atomic E-state index is -0.151. The van der Waals surface area contributed by atoms with Crippen LogP contribution in [0.1, 0.15) is 112 Å². The number of hydrogen-bond donors (Lipinski definition) is 0. The third-order valence-electron chi connectivity index (χ3n) is 10.4. The van der Waals surface area contributed by atoms with Crippen LogP contribution in [-0.4, -0.2) is 17.5 Å². The van der Waals surface area contributed by atoms with Crippen LogP contribution < -0.4 is 0 Å². The summed E-state index contributed by atoms with van der Waals surface area (Å²) >= 11 is 7.21. The minimum Gasteiger partial charge on any atom is -0.463 e. The van der Waals surface area contributed by atoms with Crippen LogP contribution in [-0.2, 0) is 9.53 Å². The first-order valence-electron chi connectivity index (χ1n) is 13.6. The zero-order valence-electron chi connectivity index (χ0n) is 21.5. The Morgan fingerprint density at radius 2 is 1.88 bits per heavy atom. The first kappa shape index (κ1) is 24.6. The van der Waals surface area contributed by atoms with Gasteiger partial charge in [-0.3, -0.25) is 4.79 Å². The lowest BCUT2D eigenvalue weighted by Crippen LogP contribution is -2.49. The second-order valence-electron chi connectivity index (χ2n) is 12.8. The normalized spacial score (nSPS) is 42.3. The first-order valence-corrected chi connectivity index (χ1v) is 14.0. The monoisotopic (exact) mass is 462 g/mol. The molecule has 0 aliphatic heterocycles. The van der Waals surface area contributed by atoms with Crippen molar-refractivity contribution in [1.82, 2.24) is 0 Å². The first-order chi connectivity index (χ1) is 15.1. The average Bonchev–Trinajstić information content (AvgIpc) is 3.05. The van der Waals surface area contributed by atoms with Crippen LogP contribution in [0.25, 0.3) is 0 Å². The summed E-state index contributed by atoms with van der Waals surface area (Å²) in [6.45, 7) is 13.8. The Morgan fingerprint density at radius 3 is 2.56 bits per heavy atom. The molecule has 0 amide bonds. The van der Waals surface area contributed by atoms with Gasteiger partial charge >= 0.3 is 5.97 Å². The van der Waals surface area contributed by atoms with E-state index in [1.165, 1.54) is 51.9 Å². The Labute approximate surface area is 202 Å². The van der Waals surface area contributed by atoms with Gasteiger partial charge in [-0.2, -0.15) is 0 Å². The summed E-state index contributed by atoms with van der Waals surface area (Å²) in [6.07, 6.45) is 13.7. The molecule has 0 heterocycles. The predicted octanol–water partition coefficient (Wildman–Crippen LogP) is 8.32. The molecule has 4 rings (SSSR count). The van der Waals surface area contributed by atoms with Crippen molar-refractivity contribution in [2.24, 2.45) is 40.4 Å². The number of carbonyl (C=O) groups excluding carboxylic acids is 1. The Kier molecular flexibility index (Phi) is 7.13. The molecule has 0 saturated heterocycles. The van der Waals surface area contributed by atoms with Gasteiger partial charge in [0.2, 0.25) is 0 Å². The van der Waals surface area contributed by atoms with Gasteiger partial charge in [0, 0.05) is 17.7 Å². The lowest BCUT2D eigenvalue weighted by molar-refractivity contribution is -0.149. The quantitative estimate of drug-likeness (QED) is 0.225. The summed E-state index contributed by atoms with van der Waals surface area (Å²) in [6, 6.07) is 0. The van der Waals surface area contributed by atoms with Crippen molar-refractivity contribution in [2.45, 2.75) is 124 Å². The van der Waals surface area contributed by atoms with Gasteiger partial charge in [-0.25, -0.2) is 0 Å². The van der Waals surface area contributed by atoms with Crippen LogP contribution in [0.15, 0.2) is 11.1 Å². The van der Waals surface area contributed by atoms with Crippen molar-refractivity contribution < 1.29 is 9.53 Å². The summed E-state index contributed by atoms with van der Waals surface area (Å²) in [5.41, 5.74) is 3.93. The maximum Gasteiger partial charge on any atom is 0.302 e. The summed E-state index contributed by atoms with van der Waals surface area (Å²) in [5.74, 6) is 3.91. The van der Waals surface area contributed by atoms with Crippen LogP contribution in [0.3, 0.4) is 0 Å². The Balaban J connectivity index is 1.53. The fourth-order valence-corrected chi connectivity index (χ4v) is 9.19. The van der Waals surface area contributed by atoms with Crippen molar-refractivity contribution in [2.75, 3.05) is 0 Å². The van der Waals surface area contributed by atoms with E-state index < -0.39 is 0 Å². The van der Waals surface area contributed by atoms with Gasteiger partial charge in [0.05, 0.1) is 0 Å². The van der Waals surface area contributed by atoms with E-state index in [1.54, 1.807) is 11.1 Å². The molecule has 3 fully saturated rings. The number of allylic oxidation sites excluding steroid dienone is 2. The zero-order chi connectivity index (χ0) is 23.3. The molecule has 0 aromatic rings. The van der Waals surface area contributed by atoms with Crippen molar-refractivity contribution in [3.8, 4) is 0 Å². The molecule has 0 bridgehead atoms. The van der Waals surface area contributed by atoms with Crippen molar-refractivity contribution in [3.63, 3.8) is 0 Å². The van der Waals surface area contributed by atoms with E-state index in [2.05, 4.69) is 34.6 Å².